The standard InChI is InChI=1S/C21H21Cl2N2O2/c1-13(26)24-9-6-14(7-10-24)20-17-5-3-16(22)12-15(17)2-4-18-19(23)8-11-25(27)21(18)20/h3,5,8,11-12,27H,2,4,6-7,9-10H2,1H3/q+1. The highest BCUT2D eigenvalue weighted by molar-refractivity contribution is 6.31. The fourth-order valence-corrected chi connectivity index (χ4v) is 4.60. The number of aromatic nitrogens is 1. The fraction of sp³-hybridized carbons (Fsp3) is 0.333. The maximum Gasteiger partial charge on any atom is 0.269 e. The minimum absolute atomic E-state index is 0.104. The van der Waals surface area contributed by atoms with Crippen LogP contribution in [0, 0.1) is 0 Å². The maximum atomic E-state index is 11.7. The molecule has 1 aliphatic carbocycles. The van der Waals surface area contributed by atoms with Gasteiger partial charge in [-0.3, -0.25) is 10.0 Å². The molecule has 0 saturated carbocycles. The van der Waals surface area contributed by atoms with Gasteiger partial charge in [-0.05, 0) is 48.9 Å². The molecule has 27 heavy (non-hydrogen) atoms. The minimum atomic E-state index is 0.104. The molecule has 4 rings (SSSR count). The van der Waals surface area contributed by atoms with Crippen molar-refractivity contribution in [3.63, 3.8) is 0 Å². The van der Waals surface area contributed by atoms with E-state index in [0.29, 0.717) is 23.1 Å². The van der Waals surface area contributed by atoms with E-state index in [1.54, 1.807) is 19.2 Å². The number of likely N-dealkylation sites (tertiary alicyclic amines) is 1. The number of carbonyl (C=O) groups is 1. The summed E-state index contributed by atoms with van der Waals surface area (Å²) >= 11 is 12.8. The Morgan fingerprint density at radius 2 is 1.85 bits per heavy atom. The summed E-state index contributed by atoms with van der Waals surface area (Å²) in [4.78, 5) is 13.6. The van der Waals surface area contributed by atoms with Crippen LogP contribution >= 0.6 is 23.2 Å². The summed E-state index contributed by atoms with van der Waals surface area (Å²) in [6.45, 7) is 2.99. The highest BCUT2D eigenvalue weighted by Gasteiger charge is 2.33. The van der Waals surface area contributed by atoms with E-state index < -0.39 is 0 Å². The number of nitrogens with zero attached hydrogens (tertiary/aromatic N) is 2. The molecular formula is C21H21Cl2N2O2+. The van der Waals surface area contributed by atoms with Crippen LogP contribution in [0.25, 0.3) is 5.57 Å². The molecule has 2 aromatic rings. The lowest BCUT2D eigenvalue weighted by molar-refractivity contribution is -0.906. The zero-order valence-corrected chi connectivity index (χ0v) is 16.6. The first-order chi connectivity index (χ1) is 13.0. The van der Waals surface area contributed by atoms with Gasteiger partial charge in [0.05, 0.1) is 10.6 Å². The van der Waals surface area contributed by atoms with Crippen LogP contribution in [0.1, 0.15) is 42.1 Å². The lowest BCUT2D eigenvalue weighted by atomic mass is 9.88. The number of carbonyl (C=O) groups excluding carboxylic acids is 1. The number of fused-ring (bicyclic) bond motifs is 2. The number of aryl methyl sites for hydroxylation is 1. The Labute approximate surface area is 168 Å². The van der Waals surface area contributed by atoms with E-state index in [9.17, 15) is 10.0 Å². The Bertz CT molecular complexity index is 959. The van der Waals surface area contributed by atoms with Gasteiger partial charge in [-0.1, -0.05) is 34.8 Å². The molecule has 0 radical (unpaired) electrons. The van der Waals surface area contributed by atoms with E-state index in [2.05, 4.69) is 0 Å². The van der Waals surface area contributed by atoms with Crippen molar-refractivity contribution < 1.29 is 14.7 Å². The lowest BCUT2D eigenvalue weighted by Crippen LogP contribution is -2.38. The molecule has 4 nitrogen and oxygen atoms in total. The van der Waals surface area contributed by atoms with Crippen LogP contribution in [0.3, 0.4) is 0 Å². The third-order valence-corrected chi connectivity index (χ3v) is 6.14. The van der Waals surface area contributed by atoms with Crippen molar-refractivity contribution in [2.45, 2.75) is 32.6 Å². The van der Waals surface area contributed by atoms with Gasteiger partial charge in [-0.15, -0.1) is 0 Å². The predicted molar refractivity (Wildman–Crippen MR) is 105 cm³/mol. The molecule has 1 aromatic carbocycles. The van der Waals surface area contributed by atoms with E-state index in [1.807, 2.05) is 23.1 Å². The SMILES string of the molecule is CC(=O)N1CCC(=C2c3ccc(Cl)cc3CCc3c(Cl)cc[n+](O)c32)CC1. The van der Waals surface area contributed by atoms with Gasteiger partial charge in [0.2, 0.25) is 12.1 Å². The Morgan fingerprint density at radius 1 is 1.11 bits per heavy atom. The van der Waals surface area contributed by atoms with E-state index >= 15 is 0 Å². The van der Waals surface area contributed by atoms with Crippen molar-refractivity contribution in [3.8, 4) is 0 Å². The molecule has 0 unspecified atom stereocenters. The molecule has 6 heteroatoms. The van der Waals surface area contributed by atoms with Crippen molar-refractivity contribution in [3.05, 3.63) is 68.5 Å². The number of pyridine rings is 1. The summed E-state index contributed by atoms with van der Waals surface area (Å²) in [5.41, 5.74) is 6.23. The van der Waals surface area contributed by atoms with Crippen molar-refractivity contribution >= 4 is 34.7 Å². The smallest absolute Gasteiger partial charge is 0.269 e. The molecule has 0 spiro atoms. The third-order valence-electron chi connectivity index (χ3n) is 5.55. The van der Waals surface area contributed by atoms with Gasteiger partial charge in [0.15, 0.2) is 0 Å². The van der Waals surface area contributed by atoms with Crippen LogP contribution in [0.5, 0.6) is 0 Å². The average molecular weight is 404 g/mol. The second-order valence-electron chi connectivity index (χ2n) is 7.12. The van der Waals surface area contributed by atoms with Crippen LogP contribution in [-0.2, 0) is 17.6 Å². The third kappa shape index (κ3) is 3.32. The van der Waals surface area contributed by atoms with Gasteiger partial charge >= 0.3 is 0 Å². The predicted octanol–water partition coefficient (Wildman–Crippen LogP) is 4.06. The van der Waals surface area contributed by atoms with E-state index in [4.69, 9.17) is 23.2 Å². The minimum Gasteiger partial charge on any atom is -0.342 e. The Morgan fingerprint density at radius 3 is 2.56 bits per heavy atom. The number of hydrogen-bond donors (Lipinski definition) is 1. The van der Waals surface area contributed by atoms with Gasteiger partial charge in [0, 0.05) is 41.4 Å². The first kappa shape index (κ1) is 18.3. The molecule has 0 atom stereocenters. The first-order valence-corrected chi connectivity index (χ1v) is 9.90. The van der Waals surface area contributed by atoms with Crippen LogP contribution < -0.4 is 4.73 Å². The second-order valence-corrected chi connectivity index (χ2v) is 7.97. The quantitative estimate of drug-likeness (QED) is 0.532. The molecule has 1 aromatic heterocycles. The topological polar surface area (TPSA) is 44.4 Å². The number of halogens is 2. The molecule has 1 amide bonds. The van der Waals surface area contributed by atoms with Crippen LogP contribution in [0.15, 0.2) is 36.0 Å². The summed E-state index contributed by atoms with van der Waals surface area (Å²) in [6, 6.07) is 7.66. The number of amides is 1. The summed E-state index contributed by atoms with van der Waals surface area (Å²) in [6.07, 6.45) is 4.70. The average Bonchev–Trinajstić information content (AvgIpc) is 2.82. The van der Waals surface area contributed by atoms with Crippen molar-refractivity contribution in [1.29, 1.82) is 0 Å². The summed E-state index contributed by atoms with van der Waals surface area (Å²) in [7, 11) is 0. The first-order valence-electron chi connectivity index (χ1n) is 9.14. The van der Waals surface area contributed by atoms with Crippen molar-refractivity contribution in [2.75, 3.05) is 13.1 Å². The van der Waals surface area contributed by atoms with Crippen LogP contribution in [0.4, 0.5) is 0 Å². The highest BCUT2D eigenvalue weighted by atomic mass is 35.5. The molecule has 1 aliphatic heterocycles. The number of benzene rings is 1. The van der Waals surface area contributed by atoms with Gasteiger partial charge in [0.1, 0.15) is 0 Å². The van der Waals surface area contributed by atoms with Crippen LogP contribution in [0.2, 0.25) is 10.0 Å². The van der Waals surface area contributed by atoms with Gasteiger partial charge in [-0.2, -0.15) is 0 Å². The largest absolute Gasteiger partial charge is 0.342 e. The Balaban J connectivity index is 1.93. The second kappa shape index (κ2) is 7.17. The molecule has 2 heterocycles. The van der Waals surface area contributed by atoms with Gasteiger partial charge in [0.25, 0.3) is 5.69 Å². The molecule has 2 aliphatic rings. The fourth-order valence-electron chi connectivity index (χ4n) is 4.17. The zero-order valence-electron chi connectivity index (χ0n) is 15.1. The lowest BCUT2D eigenvalue weighted by Gasteiger charge is -2.29. The van der Waals surface area contributed by atoms with Crippen molar-refractivity contribution in [2.24, 2.45) is 0 Å². The number of hydrogen-bond acceptors (Lipinski definition) is 2. The normalized spacial score (nSPS) is 16.6. The summed E-state index contributed by atoms with van der Waals surface area (Å²) < 4.78 is 1.19. The molecule has 1 saturated heterocycles. The van der Waals surface area contributed by atoms with Gasteiger partial charge in [-0.25, -0.2) is 0 Å². The Hall–Kier alpha value is -2.04. The van der Waals surface area contributed by atoms with Crippen molar-refractivity contribution in [1.82, 2.24) is 4.90 Å². The molecule has 1 N–H and O–H groups in total. The zero-order chi connectivity index (χ0) is 19.1. The molecular weight excluding hydrogens is 383 g/mol. The van der Waals surface area contributed by atoms with E-state index in [-0.39, 0.29) is 5.91 Å². The summed E-state index contributed by atoms with van der Waals surface area (Å²) in [5, 5.41) is 12.0. The highest BCUT2D eigenvalue weighted by Crippen LogP contribution is 2.39. The Kier molecular flexibility index (Phi) is 4.87. The molecule has 140 valence electrons. The number of rotatable bonds is 0. The monoisotopic (exact) mass is 403 g/mol. The van der Waals surface area contributed by atoms with Gasteiger partial charge < -0.3 is 4.90 Å². The molecule has 0 bridgehead atoms. The molecule has 1 fully saturated rings. The van der Waals surface area contributed by atoms with Crippen LogP contribution in [-0.4, -0.2) is 29.1 Å². The van der Waals surface area contributed by atoms with E-state index in [1.165, 1.54) is 10.3 Å². The summed E-state index contributed by atoms with van der Waals surface area (Å²) in [5.74, 6) is 0.104. The number of piperidine rings is 1. The maximum absolute atomic E-state index is 11.7. The van der Waals surface area contributed by atoms with E-state index in [0.717, 1.165) is 53.6 Å².